The zero-order valence-corrected chi connectivity index (χ0v) is 14.2. The second kappa shape index (κ2) is 5.66. The predicted octanol–water partition coefficient (Wildman–Crippen LogP) is 2.49. The molecule has 0 amide bonds. The van der Waals surface area contributed by atoms with E-state index in [1.807, 2.05) is 13.0 Å². The Morgan fingerprint density at radius 2 is 2.04 bits per heavy atom. The van der Waals surface area contributed by atoms with E-state index in [9.17, 15) is 13.2 Å². The van der Waals surface area contributed by atoms with Gasteiger partial charge in [-0.05, 0) is 30.7 Å². The molecule has 0 bridgehead atoms. The number of fused-ring (bicyclic) bond motifs is 2. The molecule has 25 heavy (non-hydrogen) atoms. The Bertz CT molecular complexity index is 1100. The number of benzene rings is 2. The average Bonchev–Trinajstić information content (AvgIpc) is 2.99. The van der Waals surface area contributed by atoms with Gasteiger partial charge in [0.2, 0.25) is 0 Å². The number of aromatic amines is 1. The second-order valence-electron chi connectivity index (χ2n) is 5.82. The Labute approximate surface area is 143 Å². The van der Waals surface area contributed by atoms with E-state index >= 15 is 0 Å². The number of nitrogens with zero attached hydrogens (tertiary/aromatic N) is 1. The number of nitrogens with one attached hydrogen (secondary N) is 1. The van der Waals surface area contributed by atoms with Gasteiger partial charge in [-0.25, -0.2) is 13.2 Å². The maximum atomic E-state index is 13.2. The van der Waals surface area contributed by atoms with Gasteiger partial charge in [0, 0.05) is 6.07 Å². The van der Waals surface area contributed by atoms with E-state index in [0.29, 0.717) is 23.4 Å². The minimum atomic E-state index is -3.82. The first-order chi connectivity index (χ1) is 12.0. The first kappa shape index (κ1) is 15.8. The zero-order chi connectivity index (χ0) is 17.6. The van der Waals surface area contributed by atoms with E-state index in [1.54, 1.807) is 18.2 Å². The fraction of sp³-hybridized carbons (Fsp3) is 0.235. The van der Waals surface area contributed by atoms with Crippen LogP contribution >= 0.6 is 0 Å². The van der Waals surface area contributed by atoms with Crippen molar-refractivity contribution in [2.24, 2.45) is 0 Å². The Morgan fingerprint density at radius 3 is 2.84 bits per heavy atom. The maximum absolute atomic E-state index is 13.2. The van der Waals surface area contributed by atoms with E-state index in [4.69, 9.17) is 9.15 Å². The number of anilines is 1. The highest BCUT2D eigenvalue weighted by Gasteiger charge is 2.34. The summed E-state index contributed by atoms with van der Waals surface area (Å²) < 4.78 is 38.6. The first-order valence-electron chi connectivity index (χ1n) is 7.90. The lowest BCUT2D eigenvalue weighted by molar-refractivity contribution is 0.196. The molecule has 0 saturated heterocycles. The van der Waals surface area contributed by atoms with Crippen molar-refractivity contribution in [2.75, 3.05) is 10.8 Å². The minimum absolute atomic E-state index is 0.0642. The van der Waals surface area contributed by atoms with Crippen LogP contribution in [0, 0.1) is 0 Å². The molecule has 2 aromatic carbocycles. The average molecular weight is 360 g/mol. The van der Waals surface area contributed by atoms with Crippen LogP contribution in [-0.4, -0.2) is 26.1 Å². The topological polar surface area (TPSA) is 92.6 Å². The van der Waals surface area contributed by atoms with E-state index < -0.39 is 15.8 Å². The number of sulfonamides is 1. The molecule has 0 spiro atoms. The molecule has 8 heteroatoms. The smallest absolute Gasteiger partial charge is 0.417 e. The number of rotatable bonds is 3. The number of aromatic nitrogens is 1. The Balaban J connectivity index is 1.84. The van der Waals surface area contributed by atoms with Crippen molar-refractivity contribution in [3.05, 3.63) is 53.0 Å². The third-order valence-electron chi connectivity index (χ3n) is 4.23. The van der Waals surface area contributed by atoms with Crippen LogP contribution in [0.1, 0.15) is 13.3 Å². The molecular weight excluding hydrogens is 344 g/mol. The largest absolute Gasteiger partial charge is 0.486 e. The van der Waals surface area contributed by atoms with E-state index in [0.717, 1.165) is 0 Å². The quantitative estimate of drug-likeness (QED) is 0.775. The molecule has 0 saturated carbocycles. The lowest BCUT2D eigenvalue weighted by atomic mass is 10.2. The van der Waals surface area contributed by atoms with Crippen molar-refractivity contribution in [1.29, 1.82) is 0 Å². The highest BCUT2D eigenvalue weighted by atomic mass is 32.2. The molecular formula is C17H16N2O5S. The van der Waals surface area contributed by atoms with Crippen LogP contribution in [0.15, 0.2) is 56.6 Å². The number of H-pyrrole nitrogens is 1. The summed E-state index contributed by atoms with van der Waals surface area (Å²) in [4.78, 5) is 13.9. The van der Waals surface area contributed by atoms with Crippen LogP contribution in [0.4, 0.5) is 5.69 Å². The third-order valence-corrected chi connectivity index (χ3v) is 6.01. The fourth-order valence-electron chi connectivity index (χ4n) is 2.92. The van der Waals surface area contributed by atoms with E-state index in [-0.39, 0.29) is 23.1 Å². The molecule has 0 radical (unpaired) electrons. The van der Waals surface area contributed by atoms with Crippen LogP contribution in [-0.2, 0) is 10.0 Å². The minimum Gasteiger partial charge on any atom is -0.486 e. The molecule has 4 rings (SSSR count). The molecule has 0 aliphatic carbocycles. The maximum Gasteiger partial charge on any atom is 0.417 e. The van der Waals surface area contributed by atoms with Crippen molar-refractivity contribution < 1.29 is 17.6 Å². The van der Waals surface area contributed by atoms with Crippen LogP contribution in [0.3, 0.4) is 0 Å². The Kier molecular flexibility index (Phi) is 3.57. The summed E-state index contributed by atoms with van der Waals surface area (Å²) in [5.74, 6) is -0.0780. The molecule has 1 unspecified atom stereocenters. The number of hydrogen-bond acceptors (Lipinski definition) is 5. The van der Waals surface area contributed by atoms with Crippen molar-refractivity contribution >= 4 is 26.8 Å². The van der Waals surface area contributed by atoms with Crippen LogP contribution in [0.2, 0.25) is 0 Å². The van der Waals surface area contributed by atoms with Gasteiger partial charge in [-0.1, -0.05) is 19.1 Å². The predicted molar refractivity (Wildman–Crippen MR) is 92.5 cm³/mol. The Morgan fingerprint density at radius 1 is 1.24 bits per heavy atom. The van der Waals surface area contributed by atoms with E-state index in [2.05, 4.69) is 4.98 Å². The summed E-state index contributed by atoms with van der Waals surface area (Å²) in [5.41, 5.74) is 1.17. The first-order valence-corrected chi connectivity index (χ1v) is 9.34. The van der Waals surface area contributed by atoms with Gasteiger partial charge < -0.3 is 9.15 Å². The van der Waals surface area contributed by atoms with Crippen molar-refractivity contribution in [1.82, 2.24) is 4.98 Å². The van der Waals surface area contributed by atoms with Gasteiger partial charge in [0.15, 0.2) is 5.58 Å². The highest BCUT2D eigenvalue weighted by Crippen LogP contribution is 2.37. The molecule has 1 N–H and O–H groups in total. The van der Waals surface area contributed by atoms with Gasteiger partial charge in [-0.3, -0.25) is 9.29 Å². The molecule has 130 valence electrons. The highest BCUT2D eigenvalue weighted by molar-refractivity contribution is 7.92. The van der Waals surface area contributed by atoms with Gasteiger partial charge in [0.25, 0.3) is 10.0 Å². The fourth-order valence-corrected chi connectivity index (χ4v) is 4.44. The van der Waals surface area contributed by atoms with Gasteiger partial charge in [-0.15, -0.1) is 0 Å². The molecule has 0 fully saturated rings. The normalized spacial score (nSPS) is 17.3. The van der Waals surface area contributed by atoms with E-state index in [1.165, 1.54) is 22.5 Å². The summed E-state index contributed by atoms with van der Waals surface area (Å²) in [6.07, 6.45) is 0.463. The monoisotopic (exact) mass is 360 g/mol. The standard InChI is InChI=1S/C17H16N2O5S/c1-2-11-10-19(14-5-3-4-6-15(14)23-11)25(21,22)12-7-8-13-16(9-12)24-17(20)18-13/h3-9,11H,2,10H2,1H3,(H,18,20). The SMILES string of the molecule is CCC1CN(S(=O)(=O)c2ccc3[nH]c(=O)oc3c2)c2ccccc2O1. The molecule has 2 heterocycles. The zero-order valence-electron chi connectivity index (χ0n) is 13.4. The molecule has 1 aliphatic heterocycles. The van der Waals surface area contributed by atoms with Gasteiger partial charge in [0.05, 0.1) is 22.6 Å². The lowest BCUT2D eigenvalue weighted by Gasteiger charge is -2.35. The van der Waals surface area contributed by atoms with Gasteiger partial charge >= 0.3 is 5.76 Å². The van der Waals surface area contributed by atoms with Crippen molar-refractivity contribution in [2.45, 2.75) is 24.3 Å². The lowest BCUT2D eigenvalue weighted by Crippen LogP contribution is -2.43. The van der Waals surface area contributed by atoms with Gasteiger partial charge in [-0.2, -0.15) is 0 Å². The summed E-state index contributed by atoms with van der Waals surface area (Å²) in [7, 11) is -3.82. The molecule has 1 atom stereocenters. The van der Waals surface area contributed by atoms with Crippen LogP contribution < -0.4 is 14.8 Å². The van der Waals surface area contributed by atoms with Crippen molar-refractivity contribution in [3.8, 4) is 5.75 Å². The summed E-state index contributed by atoms with van der Waals surface area (Å²) in [6, 6.07) is 11.4. The summed E-state index contributed by atoms with van der Waals surface area (Å²) >= 11 is 0. The number of hydrogen-bond donors (Lipinski definition) is 1. The third kappa shape index (κ3) is 2.58. The number of para-hydroxylation sites is 2. The molecule has 1 aliphatic rings. The Hall–Kier alpha value is -2.74. The summed E-state index contributed by atoms with van der Waals surface area (Å²) in [6.45, 7) is 2.18. The molecule has 7 nitrogen and oxygen atoms in total. The van der Waals surface area contributed by atoms with Crippen LogP contribution in [0.25, 0.3) is 11.1 Å². The second-order valence-corrected chi connectivity index (χ2v) is 7.69. The molecule has 3 aromatic rings. The van der Waals surface area contributed by atoms with Crippen LogP contribution in [0.5, 0.6) is 5.75 Å². The van der Waals surface area contributed by atoms with Gasteiger partial charge in [0.1, 0.15) is 11.9 Å². The number of ether oxygens (including phenoxy) is 1. The molecule has 1 aromatic heterocycles. The van der Waals surface area contributed by atoms with Crippen molar-refractivity contribution in [3.63, 3.8) is 0 Å². The summed E-state index contributed by atoms with van der Waals surface area (Å²) in [5, 5.41) is 0. The number of oxazole rings is 1.